The van der Waals surface area contributed by atoms with E-state index in [4.69, 9.17) is 0 Å². The van der Waals surface area contributed by atoms with Crippen LogP contribution < -0.4 is 5.32 Å². The van der Waals surface area contributed by atoms with Crippen molar-refractivity contribution in [3.63, 3.8) is 0 Å². The molecular weight excluding hydrogens is 284 g/mol. The van der Waals surface area contributed by atoms with Gasteiger partial charge in [0.05, 0.1) is 0 Å². The van der Waals surface area contributed by atoms with E-state index in [9.17, 15) is 4.79 Å². The molecule has 1 aromatic heterocycles. The molecule has 0 spiro atoms. The number of H-pyrrole nitrogens is 1. The van der Waals surface area contributed by atoms with Gasteiger partial charge in [-0.05, 0) is 31.5 Å². The van der Waals surface area contributed by atoms with Crippen molar-refractivity contribution < 1.29 is 4.79 Å². The fraction of sp³-hybridized carbons (Fsp3) is 0.182. The van der Waals surface area contributed by atoms with Gasteiger partial charge in [-0.2, -0.15) is 4.98 Å². The lowest BCUT2D eigenvalue weighted by Crippen LogP contribution is -2.13. The standard InChI is InChI=1S/C11H11BrN4O/c1-6-3-4-8(5-9(6)12)10(17)14-11-13-7(2)15-16-11/h3-5H,1-2H3,(H2,13,14,15,16,17). The third-order valence-corrected chi connectivity index (χ3v) is 3.11. The van der Waals surface area contributed by atoms with E-state index in [1.165, 1.54) is 0 Å². The number of anilines is 1. The molecule has 2 aromatic rings. The number of benzene rings is 1. The average Bonchev–Trinajstić information content (AvgIpc) is 2.68. The third-order valence-electron chi connectivity index (χ3n) is 2.26. The minimum Gasteiger partial charge on any atom is -0.289 e. The predicted molar refractivity (Wildman–Crippen MR) is 68.0 cm³/mol. The van der Waals surface area contributed by atoms with Gasteiger partial charge in [0, 0.05) is 10.0 Å². The maximum Gasteiger partial charge on any atom is 0.258 e. The summed E-state index contributed by atoms with van der Waals surface area (Å²) in [5, 5.41) is 9.11. The van der Waals surface area contributed by atoms with E-state index in [2.05, 4.69) is 36.4 Å². The molecule has 0 aliphatic rings. The molecule has 1 aromatic carbocycles. The number of carbonyl (C=O) groups excluding carboxylic acids is 1. The molecule has 88 valence electrons. The minimum atomic E-state index is -0.232. The van der Waals surface area contributed by atoms with E-state index >= 15 is 0 Å². The number of carbonyl (C=O) groups is 1. The second-order valence-electron chi connectivity index (χ2n) is 3.66. The zero-order valence-electron chi connectivity index (χ0n) is 9.41. The molecule has 0 radical (unpaired) electrons. The molecule has 0 atom stereocenters. The first-order valence-corrected chi connectivity index (χ1v) is 5.82. The van der Waals surface area contributed by atoms with E-state index in [-0.39, 0.29) is 11.9 Å². The summed E-state index contributed by atoms with van der Waals surface area (Å²) in [6.07, 6.45) is 0. The Morgan fingerprint density at radius 3 is 2.76 bits per heavy atom. The van der Waals surface area contributed by atoms with Crippen LogP contribution in [0.4, 0.5) is 5.95 Å². The van der Waals surface area contributed by atoms with Crippen LogP contribution in [0, 0.1) is 13.8 Å². The van der Waals surface area contributed by atoms with Gasteiger partial charge in [0.15, 0.2) is 0 Å². The highest BCUT2D eigenvalue weighted by atomic mass is 79.9. The normalized spacial score (nSPS) is 10.3. The number of aromatic amines is 1. The van der Waals surface area contributed by atoms with Crippen LogP contribution in [0.1, 0.15) is 21.7 Å². The molecule has 0 bridgehead atoms. The topological polar surface area (TPSA) is 70.7 Å². The van der Waals surface area contributed by atoms with Crippen LogP contribution in [0.3, 0.4) is 0 Å². The quantitative estimate of drug-likeness (QED) is 0.894. The fourth-order valence-electron chi connectivity index (χ4n) is 1.31. The Bertz CT molecular complexity index is 564. The zero-order valence-corrected chi connectivity index (χ0v) is 11.0. The SMILES string of the molecule is Cc1nc(NC(=O)c2ccc(C)c(Br)c2)n[nH]1. The van der Waals surface area contributed by atoms with E-state index in [1.54, 1.807) is 19.1 Å². The molecule has 0 saturated carbocycles. The van der Waals surface area contributed by atoms with Crippen LogP contribution >= 0.6 is 15.9 Å². The van der Waals surface area contributed by atoms with E-state index in [0.717, 1.165) is 10.0 Å². The summed E-state index contributed by atoms with van der Waals surface area (Å²) in [5.41, 5.74) is 1.64. The highest BCUT2D eigenvalue weighted by molar-refractivity contribution is 9.10. The lowest BCUT2D eigenvalue weighted by molar-refractivity contribution is 0.102. The number of aryl methyl sites for hydroxylation is 2. The van der Waals surface area contributed by atoms with Gasteiger partial charge < -0.3 is 0 Å². The van der Waals surface area contributed by atoms with Crippen LogP contribution in [0.15, 0.2) is 22.7 Å². The number of halogens is 1. The van der Waals surface area contributed by atoms with Gasteiger partial charge in [-0.1, -0.05) is 22.0 Å². The first-order valence-electron chi connectivity index (χ1n) is 5.03. The van der Waals surface area contributed by atoms with Crippen molar-refractivity contribution in [2.45, 2.75) is 13.8 Å². The summed E-state index contributed by atoms with van der Waals surface area (Å²) in [5.74, 6) is 0.708. The molecule has 0 aliphatic heterocycles. The first kappa shape index (κ1) is 11.8. The van der Waals surface area contributed by atoms with Crippen molar-refractivity contribution in [3.8, 4) is 0 Å². The number of nitrogens with zero attached hydrogens (tertiary/aromatic N) is 2. The van der Waals surface area contributed by atoms with Gasteiger partial charge in [-0.15, -0.1) is 5.10 Å². The fourth-order valence-corrected chi connectivity index (χ4v) is 1.69. The Labute approximate surface area is 107 Å². The molecule has 0 fully saturated rings. The van der Waals surface area contributed by atoms with E-state index in [0.29, 0.717) is 11.4 Å². The molecule has 5 nitrogen and oxygen atoms in total. The predicted octanol–water partition coefficient (Wildman–Crippen LogP) is 2.44. The van der Waals surface area contributed by atoms with Crippen molar-refractivity contribution in [2.75, 3.05) is 5.32 Å². The van der Waals surface area contributed by atoms with Crippen LogP contribution in [0.2, 0.25) is 0 Å². The summed E-state index contributed by atoms with van der Waals surface area (Å²) >= 11 is 3.39. The van der Waals surface area contributed by atoms with Gasteiger partial charge in [-0.25, -0.2) is 0 Å². The molecule has 17 heavy (non-hydrogen) atoms. The van der Waals surface area contributed by atoms with Crippen LogP contribution in [-0.2, 0) is 0 Å². The van der Waals surface area contributed by atoms with Gasteiger partial charge in [0.25, 0.3) is 5.91 Å². The van der Waals surface area contributed by atoms with Crippen molar-refractivity contribution in [1.82, 2.24) is 15.2 Å². The maximum absolute atomic E-state index is 11.9. The Hall–Kier alpha value is -1.69. The monoisotopic (exact) mass is 294 g/mol. The number of rotatable bonds is 2. The maximum atomic E-state index is 11.9. The largest absolute Gasteiger partial charge is 0.289 e. The molecule has 0 saturated heterocycles. The molecule has 1 amide bonds. The number of aromatic nitrogens is 3. The smallest absolute Gasteiger partial charge is 0.258 e. The van der Waals surface area contributed by atoms with Crippen LogP contribution in [0.5, 0.6) is 0 Å². The summed E-state index contributed by atoms with van der Waals surface area (Å²) in [6, 6.07) is 5.40. The first-order chi connectivity index (χ1) is 8.06. The summed E-state index contributed by atoms with van der Waals surface area (Å²) in [6.45, 7) is 3.73. The number of nitrogens with one attached hydrogen (secondary N) is 2. The summed E-state index contributed by atoms with van der Waals surface area (Å²) in [7, 11) is 0. The summed E-state index contributed by atoms with van der Waals surface area (Å²) in [4.78, 5) is 15.9. The molecule has 6 heteroatoms. The molecule has 2 N–H and O–H groups in total. The van der Waals surface area contributed by atoms with Crippen molar-refractivity contribution >= 4 is 27.8 Å². The zero-order chi connectivity index (χ0) is 12.4. The third kappa shape index (κ3) is 2.71. The Morgan fingerprint density at radius 2 is 2.18 bits per heavy atom. The summed E-state index contributed by atoms with van der Waals surface area (Å²) < 4.78 is 0.899. The molecule has 2 rings (SSSR count). The molecule has 1 heterocycles. The van der Waals surface area contributed by atoms with Gasteiger partial charge in [-0.3, -0.25) is 15.2 Å². The average molecular weight is 295 g/mol. The van der Waals surface area contributed by atoms with Gasteiger partial charge in [0.1, 0.15) is 5.82 Å². The molecular formula is C11H11BrN4O. The second kappa shape index (κ2) is 4.67. The van der Waals surface area contributed by atoms with Crippen molar-refractivity contribution in [1.29, 1.82) is 0 Å². The Morgan fingerprint density at radius 1 is 1.41 bits per heavy atom. The highest BCUT2D eigenvalue weighted by Crippen LogP contribution is 2.18. The Kier molecular flexibility index (Phi) is 3.23. The highest BCUT2D eigenvalue weighted by Gasteiger charge is 2.09. The molecule has 0 aliphatic carbocycles. The van der Waals surface area contributed by atoms with Crippen LogP contribution in [0.25, 0.3) is 0 Å². The van der Waals surface area contributed by atoms with E-state index < -0.39 is 0 Å². The van der Waals surface area contributed by atoms with Crippen LogP contribution in [-0.4, -0.2) is 21.1 Å². The second-order valence-corrected chi connectivity index (χ2v) is 4.52. The van der Waals surface area contributed by atoms with Gasteiger partial charge >= 0.3 is 0 Å². The Balaban J connectivity index is 2.17. The lowest BCUT2D eigenvalue weighted by Gasteiger charge is -2.03. The number of amides is 1. The lowest BCUT2D eigenvalue weighted by atomic mass is 10.1. The minimum absolute atomic E-state index is 0.232. The van der Waals surface area contributed by atoms with Gasteiger partial charge in [0.2, 0.25) is 5.95 Å². The molecule has 0 unspecified atom stereocenters. The van der Waals surface area contributed by atoms with E-state index in [1.807, 2.05) is 13.0 Å². The van der Waals surface area contributed by atoms with Crippen molar-refractivity contribution in [3.05, 3.63) is 39.6 Å². The van der Waals surface area contributed by atoms with Crippen molar-refractivity contribution in [2.24, 2.45) is 0 Å². The number of hydrogen-bond acceptors (Lipinski definition) is 3. The number of hydrogen-bond donors (Lipinski definition) is 2.